The summed E-state index contributed by atoms with van der Waals surface area (Å²) in [6.45, 7) is 0. The molecule has 2 heterocycles. The first kappa shape index (κ1) is 18.6. The first-order valence-corrected chi connectivity index (χ1v) is 9.68. The van der Waals surface area contributed by atoms with Gasteiger partial charge in [0.25, 0.3) is 0 Å². The zero-order chi connectivity index (χ0) is 21.4. The first-order valence-electron chi connectivity index (χ1n) is 9.68. The number of aromatic hydroxyl groups is 2. The standard InChI is InChI=1S/C25H17N3O3/c29-19-11-12-20(22(30)14-19)24(31)17-13-21-23(16-7-3-1-4-8-16)27-28(25(21)26-15-17)18-9-5-2-6-10-18/h1-15,29-30H. The van der Waals surface area contributed by atoms with E-state index < -0.39 is 5.78 Å². The third-order valence-corrected chi connectivity index (χ3v) is 5.06. The first-order chi connectivity index (χ1) is 15.1. The van der Waals surface area contributed by atoms with Gasteiger partial charge in [-0.3, -0.25) is 4.79 Å². The number of rotatable bonds is 4. The van der Waals surface area contributed by atoms with Gasteiger partial charge < -0.3 is 10.2 Å². The minimum absolute atomic E-state index is 0.0932. The highest BCUT2D eigenvalue weighted by molar-refractivity contribution is 6.12. The molecule has 150 valence electrons. The van der Waals surface area contributed by atoms with Gasteiger partial charge in [0, 0.05) is 28.8 Å². The highest BCUT2D eigenvalue weighted by atomic mass is 16.3. The summed E-state index contributed by atoms with van der Waals surface area (Å²) in [6, 6.07) is 25.0. The van der Waals surface area contributed by atoms with Crippen LogP contribution in [0.2, 0.25) is 0 Å². The lowest BCUT2D eigenvalue weighted by Gasteiger charge is -2.06. The van der Waals surface area contributed by atoms with Crippen LogP contribution in [0.5, 0.6) is 11.5 Å². The van der Waals surface area contributed by atoms with Crippen LogP contribution < -0.4 is 0 Å². The summed E-state index contributed by atoms with van der Waals surface area (Å²) in [5.74, 6) is -0.787. The Kier molecular flexibility index (Phi) is 4.45. The molecular weight excluding hydrogens is 390 g/mol. The molecule has 0 unspecified atom stereocenters. The molecule has 0 bridgehead atoms. The summed E-state index contributed by atoms with van der Waals surface area (Å²) in [6.07, 6.45) is 1.48. The number of carbonyl (C=O) groups is 1. The van der Waals surface area contributed by atoms with E-state index in [2.05, 4.69) is 4.98 Å². The molecular formula is C25H17N3O3. The van der Waals surface area contributed by atoms with Crippen molar-refractivity contribution in [1.82, 2.24) is 14.8 Å². The van der Waals surface area contributed by atoms with E-state index in [1.807, 2.05) is 60.7 Å². The van der Waals surface area contributed by atoms with E-state index in [1.165, 1.54) is 18.3 Å². The molecule has 2 N–H and O–H groups in total. The molecule has 0 saturated heterocycles. The number of phenols is 2. The molecule has 0 amide bonds. The van der Waals surface area contributed by atoms with E-state index in [-0.39, 0.29) is 17.1 Å². The molecule has 0 spiro atoms. The Labute approximate surface area is 177 Å². The van der Waals surface area contributed by atoms with Gasteiger partial charge in [0.15, 0.2) is 11.4 Å². The third-order valence-electron chi connectivity index (χ3n) is 5.06. The predicted octanol–water partition coefficient (Wildman–Crippen LogP) is 4.73. The lowest BCUT2D eigenvalue weighted by Crippen LogP contribution is -2.03. The number of fused-ring (bicyclic) bond motifs is 1. The number of hydrogen-bond acceptors (Lipinski definition) is 5. The molecule has 0 atom stereocenters. The number of para-hydroxylation sites is 1. The van der Waals surface area contributed by atoms with Crippen molar-refractivity contribution in [2.45, 2.75) is 0 Å². The second-order valence-electron chi connectivity index (χ2n) is 7.09. The van der Waals surface area contributed by atoms with Crippen molar-refractivity contribution in [1.29, 1.82) is 0 Å². The fourth-order valence-corrected chi connectivity index (χ4v) is 3.55. The van der Waals surface area contributed by atoms with E-state index in [4.69, 9.17) is 5.10 Å². The Morgan fingerprint density at radius 2 is 1.55 bits per heavy atom. The van der Waals surface area contributed by atoms with Gasteiger partial charge in [0.2, 0.25) is 0 Å². The smallest absolute Gasteiger partial charge is 0.198 e. The van der Waals surface area contributed by atoms with Gasteiger partial charge in [-0.2, -0.15) is 5.10 Å². The average molecular weight is 407 g/mol. The van der Waals surface area contributed by atoms with Crippen LogP contribution in [-0.4, -0.2) is 30.8 Å². The van der Waals surface area contributed by atoms with Crippen LogP contribution in [-0.2, 0) is 0 Å². The van der Waals surface area contributed by atoms with Gasteiger partial charge in [-0.15, -0.1) is 0 Å². The van der Waals surface area contributed by atoms with Crippen LogP contribution in [0.15, 0.2) is 91.1 Å². The van der Waals surface area contributed by atoms with Gasteiger partial charge in [-0.25, -0.2) is 9.67 Å². The van der Waals surface area contributed by atoms with Gasteiger partial charge in [-0.05, 0) is 30.3 Å². The molecule has 0 radical (unpaired) electrons. The van der Waals surface area contributed by atoms with Crippen LogP contribution in [0, 0.1) is 0 Å². The molecule has 5 rings (SSSR count). The van der Waals surface area contributed by atoms with Crippen molar-refractivity contribution in [2.24, 2.45) is 0 Å². The minimum Gasteiger partial charge on any atom is -0.508 e. The Bertz CT molecular complexity index is 1410. The predicted molar refractivity (Wildman–Crippen MR) is 118 cm³/mol. The highest BCUT2D eigenvalue weighted by Gasteiger charge is 2.19. The van der Waals surface area contributed by atoms with Crippen molar-refractivity contribution in [3.05, 3.63) is 102 Å². The highest BCUT2D eigenvalue weighted by Crippen LogP contribution is 2.31. The molecule has 3 aromatic carbocycles. The Balaban J connectivity index is 1.71. The van der Waals surface area contributed by atoms with Crippen LogP contribution >= 0.6 is 0 Å². The summed E-state index contributed by atoms with van der Waals surface area (Å²) in [7, 11) is 0. The number of benzene rings is 3. The maximum absolute atomic E-state index is 13.0. The number of nitrogens with zero attached hydrogens (tertiary/aromatic N) is 3. The number of phenolic OH excluding ortho intramolecular Hbond substituents is 2. The van der Waals surface area contributed by atoms with E-state index in [1.54, 1.807) is 10.7 Å². The second kappa shape index (κ2) is 7.42. The largest absolute Gasteiger partial charge is 0.508 e. The Hall–Kier alpha value is -4.45. The van der Waals surface area contributed by atoms with Crippen LogP contribution in [0.25, 0.3) is 28.0 Å². The molecule has 5 aromatic rings. The van der Waals surface area contributed by atoms with Crippen molar-refractivity contribution < 1.29 is 15.0 Å². The van der Waals surface area contributed by atoms with E-state index in [9.17, 15) is 15.0 Å². The van der Waals surface area contributed by atoms with E-state index in [0.29, 0.717) is 16.9 Å². The molecule has 0 aliphatic rings. The fraction of sp³-hybridized carbons (Fsp3) is 0. The van der Waals surface area contributed by atoms with Gasteiger partial charge in [0.05, 0.1) is 11.3 Å². The molecule has 31 heavy (non-hydrogen) atoms. The van der Waals surface area contributed by atoms with Crippen LogP contribution in [0.1, 0.15) is 15.9 Å². The van der Waals surface area contributed by atoms with E-state index >= 15 is 0 Å². The number of carbonyl (C=O) groups excluding carboxylic acids is 1. The Morgan fingerprint density at radius 1 is 0.839 bits per heavy atom. The molecule has 0 fully saturated rings. The fourth-order valence-electron chi connectivity index (χ4n) is 3.55. The summed E-state index contributed by atoms with van der Waals surface area (Å²) in [5.41, 5.74) is 3.50. The lowest BCUT2D eigenvalue weighted by atomic mass is 10.0. The normalized spacial score (nSPS) is 11.0. The summed E-state index contributed by atoms with van der Waals surface area (Å²) >= 11 is 0. The summed E-state index contributed by atoms with van der Waals surface area (Å²) in [5, 5.41) is 25.1. The molecule has 2 aromatic heterocycles. The van der Waals surface area contributed by atoms with E-state index in [0.717, 1.165) is 22.7 Å². The monoisotopic (exact) mass is 407 g/mol. The maximum atomic E-state index is 13.0. The average Bonchev–Trinajstić information content (AvgIpc) is 3.19. The van der Waals surface area contributed by atoms with Crippen molar-refractivity contribution >= 4 is 16.8 Å². The van der Waals surface area contributed by atoms with Crippen LogP contribution in [0.3, 0.4) is 0 Å². The molecule has 6 nitrogen and oxygen atoms in total. The molecule has 0 saturated carbocycles. The zero-order valence-electron chi connectivity index (χ0n) is 16.3. The third kappa shape index (κ3) is 3.30. The lowest BCUT2D eigenvalue weighted by molar-refractivity contribution is 0.103. The summed E-state index contributed by atoms with van der Waals surface area (Å²) < 4.78 is 1.75. The topological polar surface area (TPSA) is 88.2 Å². The number of hydrogen-bond donors (Lipinski definition) is 2. The van der Waals surface area contributed by atoms with Crippen molar-refractivity contribution in [3.63, 3.8) is 0 Å². The zero-order valence-corrected chi connectivity index (χ0v) is 16.3. The van der Waals surface area contributed by atoms with Gasteiger partial charge in [0.1, 0.15) is 17.2 Å². The minimum atomic E-state index is -0.390. The van der Waals surface area contributed by atoms with Crippen molar-refractivity contribution in [2.75, 3.05) is 0 Å². The molecule has 0 aliphatic heterocycles. The van der Waals surface area contributed by atoms with Gasteiger partial charge >= 0.3 is 0 Å². The van der Waals surface area contributed by atoms with Crippen LogP contribution in [0.4, 0.5) is 0 Å². The SMILES string of the molecule is O=C(c1cnc2c(c1)c(-c1ccccc1)nn2-c1ccccc1)c1ccc(O)cc1O. The van der Waals surface area contributed by atoms with Gasteiger partial charge in [-0.1, -0.05) is 48.5 Å². The Morgan fingerprint density at radius 3 is 2.26 bits per heavy atom. The summed E-state index contributed by atoms with van der Waals surface area (Å²) in [4.78, 5) is 17.6. The number of ketones is 1. The second-order valence-corrected chi connectivity index (χ2v) is 7.09. The molecule has 0 aliphatic carbocycles. The number of aromatic nitrogens is 3. The van der Waals surface area contributed by atoms with Crippen molar-refractivity contribution in [3.8, 4) is 28.4 Å². The molecule has 6 heteroatoms. The maximum Gasteiger partial charge on any atom is 0.198 e. The number of pyridine rings is 1. The quantitative estimate of drug-likeness (QED) is 0.421.